The summed E-state index contributed by atoms with van der Waals surface area (Å²) < 4.78 is 0. The third-order valence-electron chi connectivity index (χ3n) is 6.97. The number of imide groups is 2. The van der Waals surface area contributed by atoms with Gasteiger partial charge in [0.05, 0.1) is 0 Å². The maximum atomic E-state index is 13.0. The minimum absolute atomic E-state index is 0.147. The average molecular weight is 491 g/mol. The first-order valence-electron chi connectivity index (χ1n) is 12.9. The monoisotopic (exact) mass is 490 g/mol. The SMILES string of the molecule is CC(c1ccccc1NC(=O)N1CCCCCC1=O)c1ccccc1NC(=O)N1CCCCCC1=O. The fourth-order valence-electron chi connectivity index (χ4n) is 4.90. The fourth-order valence-corrected chi connectivity index (χ4v) is 4.90. The van der Waals surface area contributed by atoms with E-state index in [1.807, 2.05) is 55.5 Å². The molecule has 2 heterocycles. The predicted octanol–water partition coefficient (Wildman–Crippen LogP) is 5.71. The smallest absolute Gasteiger partial charge is 0.307 e. The van der Waals surface area contributed by atoms with Gasteiger partial charge in [-0.15, -0.1) is 0 Å². The molecular weight excluding hydrogens is 456 g/mol. The molecule has 2 aliphatic rings. The van der Waals surface area contributed by atoms with Gasteiger partial charge in [-0.2, -0.15) is 0 Å². The third kappa shape index (κ3) is 5.93. The van der Waals surface area contributed by atoms with Gasteiger partial charge < -0.3 is 10.6 Å². The Morgan fingerprint density at radius 3 is 1.53 bits per heavy atom. The van der Waals surface area contributed by atoms with Crippen molar-refractivity contribution < 1.29 is 19.2 Å². The highest BCUT2D eigenvalue weighted by Gasteiger charge is 2.26. The van der Waals surface area contributed by atoms with Crippen LogP contribution in [-0.4, -0.2) is 46.8 Å². The van der Waals surface area contributed by atoms with Gasteiger partial charge in [0.25, 0.3) is 0 Å². The molecule has 0 atom stereocenters. The number of amides is 6. The lowest BCUT2D eigenvalue weighted by atomic mass is 9.90. The van der Waals surface area contributed by atoms with E-state index in [9.17, 15) is 19.2 Å². The molecule has 2 saturated heterocycles. The molecule has 4 rings (SSSR count). The zero-order chi connectivity index (χ0) is 25.5. The van der Waals surface area contributed by atoms with Crippen LogP contribution in [-0.2, 0) is 9.59 Å². The molecule has 8 heteroatoms. The number of nitrogens with zero attached hydrogens (tertiary/aromatic N) is 2. The molecule has 2 aliphatic heterocycles. The molecule has 0 bridgehead atoms. The molecule has 6 amide bonds. The first kappa shape index (κ1) is 25.4. The van der Waals surface area contributed by atoms with E-state index in [0.717, 1.165) is 49.7 Å². The number of likely N-dealkylation sites (tertiary alicyclic amines) is 2. The Hall–Kier alpha value is -3.68. The standard InChI is InChI=1S/C28H34N4O4/c1-20(21-12-6-8-14-23(21)29-27(35)31-18-10-2-4-16-25(31)33)22-13-7-9-15-24(22)30-28(36)32-19-11-3-5-17-26(32)34/h6-9,12-15,20H,2-5,10-11,16-19H2,1H3,(H,29,35)(H,30,36). The van der Waals surface area contributed by atoms with E-state index in [1.54, 1.807) is 0 Å². The first-order chi connectivity index (χ1) is 17.5. The van der Waals surface area contributed by atoms with Gasteiger partial charge >= 0.3 is 12.1 Å². The summed E-state index contributed by atoms with van der Waals surface area (Å²) in [6, 6.07) is 14.2. The van der Waals surface area contributed by atoms with Crippen LogP contribution in [0.5, 0.6) is 0 Å². The third-order valence-corrected chi connectivity index (χ3v) is 6.97. The molecule has 2 aromatic rings. The van der Waals surface area contributed by atoms with Crippen molar-refractivity contribution in [2.45, 2.75) is 64.2 Å². The summed E-state index contributed by atoms with van der Waals surface area (Å²) in [6.07, 6.45) is 5.89. The van der Waals surface area contributed by atoms with Crippen LogP contribution >= 0.6 is 0 Å². The molecule has 0 saturated carbocycles. The summed E-state index contributed by atoms with van der Waals surface area (Å²) in [5.74, 6) is -0.476. The number of rotatable bonds is 4. The Morgan fingerprint density at radius 1 is 0.667 bits per heavy atom. The molecule has 0 unspecified atom stereocenters. The van der Waals surface area contributed by atoms with Crippen molar-refractivity contribution in [1.82, 2.24) is 9.80 Å². The normalized spacial score (nSPS) is 16.9. The van der Waals surface area contributed by atoms with Crippen LogP contribution in [0.25, 0.3) is 0 Å². The van der Waals surface area contributed by atoms with Crippen molar-refractivity contribution in [2.75, 3.05) is 23.7 Å². The number of benzene rings is 2. The Labute approximate surface area is 212 Å². The number of para-hydroxylation sites is 2. The van der Waals surface area contributed by atoms with Crippen molar-refractivity contribution in [1.29, 1.82) is 0 Å². The number of anilines is 2. The summed E-state index contributed by atoms with van der Waals surface area (Å²) in [4.78, 5) is 53.4. The highest BCUT2D eigenvalue weighted by molar-refractivity contribution is 6.02. The van der Waals surface area contributed by atoms with Gasteiger partial charge in [0.1, 0.15) is 0 Å². The maximum Gasteiger partial charge on any atom is 0.328 e. The quantitative estimate of drug-likeness (QED) is 0.574. The molecular formula is C28H34N4O4. The van der Waals surface area contributed by atoms with E-state index in [2.05, 4.69) is 10.6 Å². The van der Waals surface area contributed by atoms with Crippen LogP contribution in [0, 0.1) is 0 Å². The minimum Gasteiger partial charge on any atom is -0.307 e. The topological polar surface area (TPSA) is 98.8 Å². The molecule has 0 radical (unpaired) electrons. The first-order valence-corrected chi connectivity index (χ1v) is 12.9. The number of carbonyl (C=O) groups is 4. The zero-order valence-corrected chi connectivity index (χ0v) is 20.8. The van der Waals surface area contributed by atoms with Gasteiger partial charge in [0.2, 0.25) is 11.8 Å². The van der Waals surface area contributed by atoms with Crippen LogP contribution in [0.2, 0.25) is 0 Å². The molecule has 190 valence electrons. The zero-order valence-electron chi connectivity index (χ0n) is 20.8. The highest BCUT2D eigenvalue weighted by Crippen LogP contribution is 2.34. The number of hydrogen-bond acceptors (Lipinski definition) is 4. The number of nitrogens with one attached hydrogen (secondary N) is 2. The van der Waals surface area contributed by atoms with E-state index in [1.165, 1.54) is 9.80 Å². The second-order valence-electron chi connectivity index (χ2n) is 9.47. The van der Waals surface area contributed by atoms with E-state index in [4.69, 9.17) is 0 Å². The molecule has 2 aromatic carbocycles. The van der Waals surface area contributed by atoms with E-state index in [-0.39, 0.29) is 17.7 Å². The lowest BCUT2D eigenvalue weighted by molar-refractivity contribution is -0.128. The van der Waals surface area contributed by atoms with Gasteiger partial charge in [-0.1, -0.05) is 56.2 Å². The van der Waals surface area contributed by atoms with Crippen molar-refractivity contribution in [3.8, 4) is 0 Å². The van der Waals surface area contributed by atoms with Crippen LogP contribution in [0.1, 0.15) is 75.3 Å². The molecule has 0 aliphatic carbocycles. The summed E-state index contributed by atoms with van der Waals surface area (Å²) in [6.45, 7) is 2.85. The lowest BCUT2D eigenvalue weighted by Crippen LogP contribution is -2.40. The van der Waals surface area contributed by atoms with Crippen molar-refractivity contribution in [2.24, 2.45) is 0 Å². The van der Waals surface area contributed by atoms with Crippen molar-refractivity contribution in [3.63, 3.8) is 0 Å². The largest absolute Gasteiger partial charge is 0.328 e. The Bertz CT molecular complexity index is 1040. The fraction of sp³-hybridized carbons (Fsp3) is 0.429. The van der Waals surface area contributed by atoms with Gasteiger partial charge in [0.15, 0.2) is 0 Å². The molecule has 2 N–H and O–H groups in total. The number of hydrogen-bond donors (Lipinski definition) is 2. The Balaban J connectivity index is 1.55. The Kier molecular flexibility index (Phi) is 8.36. The second kappa shape index (κ2) is 11.8. The van der Waals surface area contributed by atoms with Gasteiger partial charge in [0, 0.05) is 43.2 Å². The summed E-state index contributed by atoms with van der Waals surface area (Å²) in [5, 5.41) is 5.88. The molecule has 0 aromatic heterocycles. The summed E-state index contributed by atoms with van der Waals surface area (Å²) >= 11 is 0. The summed E-state index contributed by atoms with van der Waals surface area (Å²) in [7, 11) is 0. The number of urea groups is 2. The molecule has 0 spiro atoms. The second-order valence-corrected chi connectivity index (χ2v) is 9.47. The molecule has 8 nitrogen and oxygen atoms in total. The Morgan fingerprint density at radius 2 is 1.08 bits per heavy atom. The van der Waals surface area contributed by atoms with Gasteiger partial charge in [-0.25, -0.2) is 9.59 Å². The molecule has 2 fully saturated rings. The highest BCUT2D eigenvalue weighted by atomic mass is 16.2. The van der Waals surface area contributed by atoms with Gasteiger partial charge in [-0.05, 0) is 48.9 Å². The van der Waals surface area contributed by atoms with Crippen molar-refractivity contribution in [3.05, 3.63) is 59.7 Å². The van der Waals surface area contributed by atoms with E-state index >= 15 is 0 Å². The predicted molar refractivity (Wildman–Crippen MR) is 139 cm³/mol. The summed E-state index contributed by atoms with van der Waals surface area (Å²) in [5.41, 5.74) is 2.97. The van der Waals surface area contributed by atoms with Crippen LogP contribution in [0.15, 0.2) is 48.5 Å². The number of carbonyl (C=O) groups excluding carboxylic acids is 4. The maximum absolute atomic E-state index is 13.0. The minimum atomic E-state index is -0.414. The lowest BCUT2D eigenvalue weighted by Gasteiger charge is -2.24. The van der Waals surface area contributed by atoms with Crippen LogP contribution in [0.4, 0.5) is 21.0 Å². The van der Waals surface area contributed by atoms with Crippen LogP contribution < -0.4 is 10.6 Å². The average Bonchev–Trinajstić information content (AvgIpc) is 3.23. The molecule has 36 heavy (non-hydrogen) atoms. The van der Waals surface area contributed by atoms with Gasteiger partial charge in [-0.3, -0.25) is 19.4 Å². The van der Waals surface area contributed by atoms with E-state index in [0.29, 0.717) is 37.3 Å². The van der Waals surface area contributed by atoms with Crippen LogP contribution in [0.3, 0.4) is 0 Å². The van der Waals surface area contributed by atoms with E-state index < -0.39 is 12.1 Å². The van der Waals surface area contributed by atoms with Crippen molar-refractivity contribution >= 4 is 35.3 Å².